The zero-order valence-corrected chi connectivity index (χ0v) is 12.0. The Morgan fingerprint density at radius 2 is 2.26 bits per heavy atom. The smallest absolute Gasteiger partial charge is 0.305 e. The van der Waals surface area contributed by atoms with Gasteiger partial charge in [0.05, 0.1) is 13.2 Å². The average molecular weight is 267 g/mol. The second-order valence-electron chi connectivity index (χ2n) is 4.70. The Morgan fingerprint density at radius 3 is 2.95 bits per heavy atom. The van der Waals surface area contributed by atoms with Crippen molar-refractivity contribution in [3.8, 4) is 0 Å². The molecule has 0 bridgehead atoms. The topological polar surface area (TPSA) is 56.1 Å². The number of carbonyl (C=O) groups is 1. The molecule has 1 N–H and O–H groups in total. The van der Waals surface area contributed by atoms with Gasteiger partial charge in [0, 0.05) is 24.9 Å². The van der Waals surface area contributed by atoms with Gasteiger partial charge in [0.1, 0.15) is 0 Å². The minimum Gasteiger partial charge on any atom is -0.466 e. The summed E-state index contributed by atoms with van der Waals surface area (Å²) in [5, 5.41) is 7.63. The number of carbonyl (C=O) groups excluding carboxylic acids is 1. The van der Waals surface area contributed by atoms with Crippen molar-refractivity contribution in [1.29, 1.82) is 0 Å². The van der Waals surface area contributed by atoms with E-state index in [1.807, 2.05) is 23.9 Å². The Labute approximate surface area is 115 Å². The zero-order chi connectivity index (χ0) is 13.9. The monoisotopic (exact) mass is 267 g/mol. The van der Waals surface area contributed by atoms with Gasteiger partial charge in [-0.3, -0.25) is 9.48 Å². The molecular weight excluding hydrogens is 242 g/mol. The highest BCUT2D eigenvalue weighted by atomic mass is 16.5. The Bertz CT molecular complexity index is 338. The zero-order valence-electron chi connectivity index (χ0n) is 12.0. The molecule has 1 aromatic heterocycles. The van der Waals surface area contributed by atoms with E-state index < -0.39 is 0 Å². The molecule has 0 aliphatic carbocycles. The summed E-state index contributed by atoms with van der Waals surface area (Å²) in [6.07, 6.45) is 7.35. The van der Waals surface area contributed by atoms with Crippen LogP contribution in [0.2, 0.25) is 0 Å². The molecule has 0 spiro atoms. The molecule has 0 aromatic carbocycles. The van der Waals surface area contributed by atoms with Gasteiger partial charge in [0.2, 0.25) is 0 Å². The second kappa shape index (κ2) is 9.55. The van der Waals surface area contributed by atoms with Crippen LogP contribution in [0.4, 0.5) is 0 Å². The molecule has 5 nitrogen and oxygen atoms in total. The van der Waals surface area contributed by atoms with E-state index >= 15 is 0 Å². The first-order valence-corrected chi connectivity index (χ1v) is 7.08. The summed E-state index contributed by atoms with van der Waals surface area (Å²) in [6.45, 7) is 6.33. The molecule has 1 atom stereocenters. The number of ether oxygens (including phenoxy) is 1. The largest absolute Gasteiger partial charge is 0.466 e. The maximum atomic E-state index is 11.1. The van der Waals surface area contributed by atoms with Crippen molar-refractivity contribution < 1.29 is 9.53 Å². The first kappa shape index (κ1) is 15.7. The third-order valence-electron chi connectivity index (χ3n) is 2.88. The fourth-order valence-corrected chi connectivity index (χ4v) is 1.91. The van der Waals surface area contributed by atoms with Crippen molar-refractivity contribution in [2.45, 2.75) is 52.1 Å². The number of esters is 1. The predicted molar refractivity (Wildman–Crippen MR) is 74.8 cm³/mol. The summed E-state index contributed by atoms with van der Waals surface area (Å²) in [5.74, 6) is -0.0810. The van der Waals surface area contributed by atoms with Gasteiger partial charge in [0.15, 0.2) is 0 Å². The maximum absolute atomic E-state index is 11.1. The predicted octanol–water partition coefficient (Wildman–Crippen LogP) is 1.98. The lowest BCUT2D eigenvalue weighted by atomic mass is 10.2. The molecule has 1 unspecified atom stereocenters. The van der Waals surface area contributed by atoms with E-state index in [0.717, 1.165) is 32.4 Å². The van der Waals surface area contributed by atoms with Gasteiger partial charge in [-0.15, -0.1) is 0 Å². The quantitative estimate of drug-likeness (QED) is 0.520. The molecular formula is C14H25N3O2. The number of unbranched alkanes of at least 4 members (excludes halogenated alkanes) is 2. The van der Waals surface area contributed by atoms with E-state index in [1.165, 1.54) is 0 Å². The molecule has 0 amide bonds. The highest BCUT2D eigenvalue weighted by Crippen LogP contribution is 2.01. The first-order chi connectivity index (χ1) is 9.22. The Balaban J connectivity index is 1.94. The molecule has 5 heteroatoms. The van der Waals surface area contributed by atoms with Crippen molar-refractivity contribution in [3.63, 3.8) is 0 Å². The number of nitrogens with zero attached hydrogens (tertiary/aromatic N) is 2. The van der Waals surface area contributed by atoms with Gasteiger partial charge >= 0.3 is 5.97 Å². The lowest BCUT2D eigenvalue weighted by Crippen LogP contribution is -2.31. The fraction of sp³-hybridized carbons (Fsp3) is 0.714. The highest BCUT2D eigenvalue weighted by molar-refractivity contribution is 5.69. The van der Waals surface area contributed by atoms with Gasteiger partial charge in [-0.25, -0.2) is 0 Å². The van der Waals surface area contributed by atoms with E-state index in [1.54, 1.807) is 6.20 Å². The van der Waals surface area contributed by atoms with Crippen LogP contribution in [-0.2, 0) is 16.1 Å². The summed E-state index contributed by atoms with van der Waals surface area (Å²) in [7, 11) is 0. The molecule has 1 aromatic rings. The van der Waals surface area contributed by atoms with Crippen LogP contribution in [0.15, 0.2) is 18.5 Å². The lowest BCUT2D eigenvalue weighted by Gasteiger charge is -2.13. The van der Waals surface area contributed by atoms with E-state index in [4.69, 9.17) is 4.74 Å². The van der Waals surface area contributed by atoms with Gasteiger partial charge in [0.25, 0.3) is 0 Å². The minimum atomic E-state index is -0.0810. The minimum absolute atomic E-state index is 0.0810. The molecule has 108 valence electrons. The van der Waals surface area contributed by atoms with Gasteiger partial charge < -0.3 is 10.1 Å². The first-order valence-electron chi connectivity index (χ1n) is 7.08. The molecule has 0 aliphatic heterocycles. The van der Waals surface area contributed by atoms with Crippen LogP contribution in [0.1, 0.15) is 39.5 Å². The van der Waals surface area contributed by atoms with Crippen LogP contribution in [0.5, 0.6) is 0 Å². The fourth-order valence-electron chi connectivity index (χ4n) is 1.91. The van der Waals surface area contributed by atoms with E-state index in [-0.39, 0.29) is 5.97 Å². The van der Waals surface area contributed by atoms with Gasteiger partial charge in [-0.05, 0) is 39.3 Å². The van der Waals surface area contributed by atoms with Gasteiger partial charge in [-0.1, -0.05) is 6.42 Å². The second-order valence-corrected chi connectivity index (χ2v) is 4.70. The van der Waals surface area contributed by atoms with Crippen molar-refractivity contribution in [3.05, 3.63) is 18.5 Å². The SMILES string of the molecule is CCOC(=O)CCCCCNC(C)Cn1cccn1. The third kappa shape index (κ3) is 7.62. The number of hydrogen-bond acceptors (Lipinski definition) is 4. The van der Waals surface area contributed by atoms with Crippen LogP contribution in [0.3, 0.4) is 0 Å². The van der Waals surface area contributed by atoms with Crippen LogP contribution in [0.25, 0.3) is 0 Å². The maximum Gasteiger partial charge on any atom is 0.305 e. The van der Waals surface area contributed by atoms with Crippen molar-refractivity contribution in [2.75, 3.05) is 13.2 Å². The Morgan fingerprint density at radius 1 is 1.42 bits per heavy atom. The summed E-state index contributed by atoms with van der Waals surface area (Å²) in [6, 6.07) is 2.34. The molecule has 1 rings (SSSR count). The van der Waals surface area contributed by atoms with Crippen LogP contribution >= 0.6 is 0 Å². The molecule has 0 fully saturated rings. The van der Waals surface area contributed by atoms with E-state index in [2.05, 4.69) is 17.3 Å². The Kier molecular flexibility index (Phi) is 7.89. The summed E-state index contributed by atoms with van der Waals surface area (Å²) in [5.41, 5.74) is 0. The highest BCUT2D eigenvalue weighted by Gasteiger charge is 2.03. The number of hydrogen-bond donors (Lipinski definition) is 1. The van der Waals surface area contributed by atoms with E-state index in [9.17, 15) is 4.79 Å². The van der Waals surface area contributed by atoms with Crippen LogP contribution < -0.4 is 5.32 Å². The van der Waals surface area contributed by atoms with Crippen LogP contribution in [0, 0.1) is 0 Å². The summed E-state index contributed by atoms with van der Waals surface area (Å²) < 4.78 is 6.81. The standard InChI is InChI=1S/C14H25N3O2/c1-3-19-14(18)8-5-4-6-9-15-13(2)12-17-11-7-10-16-17/h7,10-11,13,15H,3-6,8-9,12H2,1-2H3. The molecule has 19 heavy (non-hydrogen) atoms. The van der Waals surface area contributed by atoms with Crippen molar-refractivity contribution in [2.24, 2.45) is 0 Å². The molecule has 0 aliphatic rings. The summed E-state index contributed by atoms with van der Waals surface area (Å²) in [4.78, 5) is 11.1. The molecule has 0 saturated carbocycles. The number of aromatic nitrogens is 2. The number of rotatable bonds is 10. The van der Waals surface area contributed by atoms with Gasteiger partial charge in [-0.2, -0.15) is 5.10 Å². The Hall–Kier alpha value is -1.36. The average Bonchev–Trinajstić information content (AvgIpc) is 2.86. The van der Waals surface area contributed by atoms with Crippen molar-refractivity contribution in [1.82, 2.24) is 15.1 Å². The normalized spacial score (nSPS) is 12.3. The van der Waals surface area contributed by atoms with Crippen molar-refractivity contribution >= 4 is 5.97 Å². The van der Waals surface area contributed by atoms with Crippen LogP contribution in [-0.4, -0.2) is 34.9 Å². The van der Waals surface area contributed by atoms with E-state index in [0.29, 0.717) is 19.1 Å². The summed E-state index contributed by atoms with van der Waals surface area (Å²) >= 11 is 0. The molecule has 1 heterocycles. The third-order valence-corrected chi connectivity index (χ3v) is 2.88. The molecule has 0 radical (unpaired) electrons. The number of nitrogens with one attached hydrogen (secondary N) is 1. The lowest BCUT2D eigenvalue weighted by molar-refractivity contribution is -0.143. The molecule has 0 saturated heterocycles.